The highest BCUT2D eigenvalue weighted by Crippen LogP contribution is 2.09. The summed E-state index contributed by atoms with van der Waals surface area (Å²) in [5.41, 5.74) is 0.853. The van der Waals surface area contributed by atoms with Crippen LogP contribution in [0.3, 0.4) is 0 Å². The third-order valence-corrected chi connectivity index (χ3v) is 4.60. The highest BCUT2D eigenvalue weighted by atomic mass is 127. The van der Waals surface area contributed by atoms with E-state index in [4.69, 9.17) is 4.42 Å². The number of aromatic nitrogens is 1. The van der Waals surface area contributed by atoms with E-state index >= 15 is 0 Å². The molecule has 0 unspecified atom stereocenters. The Balaban J connectivity index is 0.00000320. The van der Waals surface area contributed by atoms with Gasteiger partial charge in [0.05, 0.1) is 6.26 Å². The van der Waals surface area contributed by atoms with Crippen LogP contribution in [0.2, 0.25) is 0 Å². The lowest BCUT2D eigenvalue weighted by Crippen LogP contribution is -2.54. The van der Waals surface area contributed by atoms with Gasteiger partial charge >= 0.3 is 0 Å². The Hall–Kier alpha value is -2.63. The molecular formula is C20H27IN6O3. The van der Waals surface area contributed by atoms with E-state index in [0.29, 0.717) is 50.7 Å². The predicted molar refractivity (Wildman–Crippen MR) is 125 cm³/mol. The zero-order valence-electron chi connectivity index (χ0n) is 17.1. The van der Waals surface area contributed by atoms with Gasteiger partial charge in [-0.1, -0.05) is 6.07 Å². The largest absolute Gasteiger partial charge is 0.459 e. The third-order valence-electron chi connectivity index (χ3n) is 4.60. The van der Waals surface area contributed by atoms with Crippen molar-refractivity contribution >= 4 is 47.6 Å². The molecule has 0 aliphatic carbocycles. The monoisotopic (exact) mass is 526 g/mol. The molecule has 0 spiro atoms. The number of carbonyl (C=O) groups is 2. The first-order valence-electron chi connectivity index (χ1n) is 9.58. The molecule has 1 aliphatic heterocycles. The number of pyridine rings is 1. The Kier molecular flexibility index (Phi) is 9.09. The first kappa shape index (κ1) is 23.6. The van der Waals surface area contributed by atoms with E-state index < -0.39 is 0 Å². The van der Waals surface area contributed by atoms with Gasteiger partial charge in [0, 0.05) is 51.9 Å². The van der Waals surface area contributed by atoms with Crippen LogP contribution in [0, 0.1) is 6.92 Å². The molecule has 0 bridgehead atoms. The number of halogens is 1. The van der Waals surface area contributed by atoms with Crippen LogP contribution in [0.15, 0.2) is 46.0 Å². The fourth-order valence-electron chi connectivity index (χ4n) is 3.12. The lowest BCUT2D eigenvalue weighted by Gasteiger charge is -2.36. The second-order valence-electron chi connectivity index (χ2n) is 6.69. The van der Waals surface area contributed by atoms with E-state index in [1.165, 1.54) is 6.26 Å². The highest BCUT2D eigenvalue weighted by molar-refractivity contribution is 14.0. The van der Waals surface area contributed by atoms with E-state index in [9.17, 15) is 9.59 Å². The summed E-state index contributed by atoms with van der Waals surface area (Å²) in [5.74, 6) is 1.42. The predicted octanol–water partition coefficient (Wildman–Crippen LogP) is 1.96. The number of guanidine groups is 1. The van der Waals surface area contributed by atoms with Crippen LogP contribution in [-0.2, 0) is 4.79 Å². The van der Waals surface area contributed by atoms with Crippen molar-refractivity contribution in [2.45, 2.75) is 13.3 Å². The molecule has 1 fully saturated rings. The van der Waals surface area contributed by atoms with Crippen LogP contribution < -0.4 is 10.6 Å². The van der Waals surface area contributed by atoms with Crippen LogP contribution in [0.1, 0.15) is 22.7 Å². The van der Waals surface area contributed by atoms with Gasteiger partial charge in [-0.25, -0.2) is 4.98 Å². The number of aryl methyl sites for hydroxylation is 1. The van der Waals surface area contributed by atoms with Crippen molar-refractivity contribution in [1.82, 2.24) is 20.1 Å². The van der Waals surface area contributed by atoms with Crippen molar-refractivity contribution in [2.24, 2.45) is 4.99 Å². The standard InChI is InChI=1S/C20H26N6O3.HI/c1-15-5-3-7-17(23-15)24-18(27)8-9-22-20(21-2)26-12-10-25(11-13-26)19(28)16-6-4-14-29-16;/h3-7,14H,8-13H2,1-2H3,(H,21,22)(H,23,24,27);1H. The molecule has 2 aromatic heterocycles. The Morgan fingerprint density at radius 3 is 2.50 bits per heavy atom. The number of rotatable bonds is 5. The van der Waals surface area contributed by atoms with Crippen LogP contribution >= 0.6 is 24.0 Å². The molecule has 0 saturated carbocycles. The number of furan rings is 1. The Labute approximate surface area is 192 Å². The topological polar surface area (TPSA) is 103 Å². The van der Waals surface area contributed by atoms with Crippen molar-refractivity contribution < 1.29 is 14.0 Å². The Morgan fingerprint density at radius 2 is 1.87 bits per heavy atom. The Bertz CT molecular complexity index is 863. The first-order chi connectivity index (χ1) is 14.1. The minimum absolute atomic E-state index is 0. The van der Waals surface area contributed by atoms with Gasteiger partial charge < -0.3 is 24.9 Å². The number of nitrogens with zero attached hydrogens (tertiary/aromatic N) is 4. The minimum Gasteiger partial charge on any atom is -0.459 e. The maximum atomic E-state index is 12.3. The molecule has 9 nitrogen and oxygen atoms in total. The van der Waals surface area contributed by atoms with E-state index in [0.717, 1.165) is 11.7 Å². The SMILES string of the molecule is CN=C(NCCC(=O)Nc1cccc(C)n1)N1CCN(C(=O)c2ccco2)CC1.I. The zero-order chi connectivity index (χ0) is 20.6. The number of amides is 2. The average molecular weight is 526 g/mol. The van der Waals surface area contributed by atoms with Crippen LogP contribution in [0.4, 0.5) is 5.82 Å². The van der Waals surface area contributed by atoms with Crippen molar-refractivity contribution in [1.29, 1.82) is 0 Å². The van der Waals surface area contributed by atoms with E-state index in [1.54, 1.807) is 30.1 Å². The molecule has 30 heavy (non-hydrogen) atoms. The maximum Gasteiger partial charge on any atom is 0.289 e. The van der Waals surface area contributed by atoms with E-state index in [-0.39, 0.29) is 35.8 Å². The van der Waals surface area contributed by atoms with Gasteiger partial charge in [0.2, 0.25) is 5.91 Å². The van der Waals surface area contributed by atoms with Crippen LogP contribution in [0.5, 0.6) is 0 Å². The summed E-state index contributed by atoms with van der Waals surface area (Å²) >= 11 is 0. The molecule has 2 amide bonds. The minimum atomic E-state index is -0.111. The molecule has 0 radical (unpaired) electrons. The molecule has 2 N–H and O–H groups in total. The molecule has 10 heteroatoms. The van der Waals surface area contributed by atoms with Gasteiger partial charge in [-0.2, -0.15) is 0 Å². The number of hydrogen-bond acceptors (Lipinski definition) is 5. The van der Waals surface area contributed by atoms with Crippen molar-refractivity contribution in [3.8, 4) is 0 Å². The molecule has 1 saturated heterocycles. The number of nitrogens with one attached hydrogen (secondary N) is 2. The fraction of sp³-hybridized carbons (Fsp3) is 0.400. The summed E-state index contributed by atoms with van der Waals surface area (Å²) in [6.07, 6.45) is 1.80. The number of hydrogen-bond donors (Lipinski definition) is 2. The van der Waals surface area contributed by atoms with E-state index in [1.807, 2.05) is 19.1 Å². The smallest absolute Gasteiger partial charge is 0.289 e. The van der Waals surface area contributed by atoms with Gasteiger partial charge in [-0.3, -0.25) is 14.6 Å². The van der Waals surface area contributed by atoms with Crippen molar-refractivity contribution in [3.63, 3.8) is 0 Å². The van der Waals surface area contributed by atoms with Crippen LogP contribution in [-0.4, -0.2) is 72.3 Å². The summed E-state index contributed by atoms with van der Waals surface area (Å²) in [6.45, 7) is 4.82. The summed E-state index contributed by atoms with van der Waals surface area (Å²) < 4.78 is 5.19. The number of anilines is 1. The fourth-order valence-corrected chi connectivity index (χ4v) is 3.12. The molecule has 162 valence electrons. The summed E-state index contributed by atoms with van der Waals surface area (Å²) in [7, 11) is 1.71. The molecule has 3 heterocycles. The second-order valence-corrected chi connectivity index (χ2v) is 6.69. The summed E-state index contributed by atoms with van der Waals surface area (Å²) in [6, 6.07) is 8.88. The van der Waals surface area contributed by atoms with Gasteiger partial charge in [0.15, 0.2) is 11.7 Å². The van der Waals surface area contributed by atoms with Crippen molar-refractivity contribution in [2.75, 3.05) is 45.1 Å². The lowest BCUT2D eigenvalue weighted by atomic mass is 10.3. The maximum absolute atomic E-state index is 12.3. The van der Waals surface area contributed by atoms with Crippen molar-refractivity contribution in [3.05, 3.63) is 48.0 Å². The molecule has 3 rings (SSSR count). The summed E-state index contributed by atoms with van der Waals surface area (Å²) in [4.78, 5) is 36.8. The number of carbonyl (C=O) groups excluding carboxylic acids is 2. The zero-order valence-corrected chi connectivity index (χ0v) is 19.5. The molecule has 0 aromatic carbocycles. The van der Waals surface area contributed by atoms with Gasteiger partial charge in [-0.05, 0) is 31.2 Å². The number of aliphatic imine (C=N–C) groups is 1. The number of piperazine rings is 1. The Morgan fingerprint density at radius 1 is 1.13 bits per heavy atom. The lowest BCUT2D eigenvalue weighted by molar-refractivity contribution is -0.116. The van der Waals surface area contributed by atoms with E-state index in [2.05, 4.69) is 25.5 Å². The molecule has 2 aromatic rings. The molecular weight excluding hydrogens is 499 g/mol. The molecule has 1 aliphatic rings. The quantitative estimate of drug-likeness (QED) is 0.351. The second kappa shape index (κ2) is 11.5. The normalized spacial score (nSPS) is 14.1. The summed E-state index contributed by atoms with van der Waals surface area (Å²) in [5, 5.41) is 6.00. The van der Waals surface area contributed by atoms with Crippen LogP contribution in [0.25, 0.3) is 0 Å². The average Bonchev–Trinajstić information content (AvgIpc) is 3.26. The van der Waals surface area contributed by atoms with Gasteiger partial charge in [-0.15, -0.1) is 24.0 Å². The van der Waals surface area contributed by atoms with Gasteiger partial charge in [0.25, 0.3) is 5.91 Å². The first-order valence-corrected chi connectivity index (χ1v) is 9.58. The molecule has 0 atom stereocenters. The highest BCUT2D eigenvalue weighted by Gasteiger charge is 2.25. The third kappa shape index (κ3) is 6.44. The van der Waals surface area contributed by atoms with Gasteiger partial charge in [0.1, 0.15) is 5.82 Å².